The Bertz CT molecular complexity index is 1100. The van der Waals surface area contributed by atoms with E-state index in [1.807, 2.05) is 6.92 Å². The number of aliphatic hydroxyl groups excluding tert-OH is 1. The Morgan fingerprint density at radius 3 is 2.62 bits per heavy atom. The SMILES string of the molecule is CCCCCC(=O)C1=C2C3=COC(C4=C(C)C[C@H](O)CC4=O)=CC3=CC(=O)[C@]2(C)OC1=O. The number of esters is 1. The Kier molecular flexibility index (Phi) is 5.63. The molecule has 7 nitrogen and oxygen atoms in total. The number of Topliss-reactive ketones (excluding diaryl/α,β-unsaturated/α-hetero) is 2. The fourth-order valence-electron chi connectivity index (χ4n) is 4.71. The van der Waals surface area contributed by atoms with E-state index in [1.165, 1.54) is 19.3 Å². The average Bonchev–Trinajstić information content (AvgIpc) is 2.99. The molecule has 4 rings (SSSR count). The van der Waals surface area contributed by atoms with Crippen molar-refractivity contribution >= 4 is 23.3 Å². The average molecular weight is 438 g/mol. The molecule has 4 aliphatic rings. The first-order chi connectivity index (χ1) is 15.2. The summed E-state index contributed by atoms with van der Waals surface area (Å²) in [6.45, 7) is 5.27. The van der Waals surface area contributed by atoms with Crippen molar-refractivity contribution in [2.24, 2.45) is 0 Å². The summed E-state index contributed by atoms with van der Waals surface area (Å²) in [5.41, 5.74) is 0.545. The molecule has 0 aromatic rings. The maximum atomic E-state index is 13.0. The summed E-state index contributed by atoms with van der Waals surface area (Å²) >= 11 is 0. The van der Waals surface area contributed by atoms with Crippen molar-refractivity contribution in [3.63, 3.8) is 0 Å². The number of ether oxygens (including phenoxy) is 2. The Balaban J connectivity index is 1.76. The van der Waals surface area contributed by atoms with Gasteiger partial charge >= 0.3 is 5.97 Å². The molecule has 0 aromatic heterocycles. The van der Waals surface area contributed by atoms with E-state index in [-0.39, 0.29) is 41.3 Å². The van der Waals surface area contributed by atoms with Crippen molar-refractivity contribution in [1.82, 2.24) is 0 Å². The molecule has 7 heteroatoms. The summed E-state index contributed by atoms with van der Waals surface area (Å²) in [5.74, 6) is -1.53. The normalized spacial score (nSPS) is 27.3. The number of carbonyl (C=O) groups is 4. The number of fused-ring (bicyclic) bond motifs is 3. The van der Waals surface area contributed by atoms with Gasteiger partial charge in [0.1, 0.15) is 11.3 Å². The van der Waals surface area contributed by atoms with Gasteiger partial charge in [-0.1, -0.05) is 25.3 Å². The van der Waals surface area contributed by atoms with Gasteiger partial charge in [-0.15, -0.1) is 0 Å². The molecule has 0 saturated heterocycles. The van der Waals surface area contributed by atoms with E-state index >= 15 is 0 Å². The lowest BCUT2D eigenvalue weighted by Crippen LogP contribution is -2.40. The van der Waals surface area contributed by atoms with Crippen LogP contribution in [-0.2, 0) is 28.7 Å². The highest BCUT2D eigenvalue weighted by Gasteiger charge is 2.54. The Labute approximate surface area is 186 Å². The summed E-state index contributed by atoms with van der Waals surface area (Å²) in [4.78, 5) is 51.0. The van der Waals surface area contributed by atoms with Gasteiger partial charge in [-0.25, -0.2) is 4.79 Å². The molecule has 32 heavy (non-hydrogen) atoms. The number of carbonyl (C=O) groups excluding carboxylic acids is 4. The zero-order valence-electron chi connectivity index (χ0n) is 18.4. The van der Waals surface area contributed by atoms with Crippen LogP contribution in [-0.4, -0.2) is 40.1 Å². The first-order valence-electron chi connectivity index (χ1n) is 11.0. The molecule has 0 bridgehead atoms. The summed E-state index contributed by atoms with van der Waals surface area (Å²) in [5, 5.41) is 9.84. The van der Waals surface area contributed by atoms with Crippen molar-refractivity contribution in [2.75, 3.05) is 0 Å². The molecule has 168 valence electrons. The standard InChI is InChI=1S/C25H26O7/c1-4-5-6-7-17(27)22-23-16-12-31-19(21-13(2)8-15(26)11-18(21)28)9-14(16)10-20(29)25(23,3)32-24(22)30/h9-10,12,15,26H,4-8,11H2,1-3H3/t15-,25-/m0/s1. The number of unbranched alkanes of at least 4 members (excludes halogenated alkanes) is 2. The molecule has 0 amide bonds. The van der Waals surface area contributed by atoms with Gasteiger partial charge in [0.2, 0.25) is 5.78 Å². The van der Waals surface area contributed by atoms with Crippen molar-refractivity contribution in [3.8, 4) is 0 Å². The zero-order valence-corrected chi connectivity index (χ0v) is 18.4. The van der Waals surface area contributed by atoms with Gasteiger partial charge in [0.25, 0.3) is 0 Å². The number of hydrogen-bond acceptors (Lipinski definition) is 7. The predicted octanol–water partition coefficient (Wildman–Crippen LogP) is 3.10. The zero-order chi connectivity index (χ0) is 23.2. The lowest BCUT2D eigenvalue weighted by atomic mass is 9.75. The van der Waals surface area contributed by atoms with Gasteiger partial charge in [-0.2, -0.15) is 0 Å². The van der Waals surface area contributed by atoms with E-state index in [0.717, 1.165) is 12.8 Å². The van der Waals surface area contributed by atoms with Crippen LogP contribution in [0.3, 0.4) is 0 Å². The molecule has 0 fully saturated rings. The Morgan fingerprint density at radius 2 is 1.94 bits per heavy atom. The highest BCUT2D eigenvalue weighted by molar-refractivity contribution is 6.24. The summed E-state index contributed by atoms with van der Waals surface area (Å²) in [6, 6.07) is 0. The molecule has 1 N–H and O–H groups in total. The molecule has 2 aliphatic heterocycles. The van der Waals surface area contributed by atoms with E-state index < -0.39 is 23.5 Å². The van der Waals surface area contributed by atoms with Crippen LogP contribution < -0.4 is 0 Å². The molecule has 0 radical (unpaired) electrons. The second kappa shape index (κ2) is 8.13. The highest BCUT2D eigenvalue weighted by atomic mass is 16.6. The van der Waals surface area contributed by atoms with E-state index in [4.69, 9.17) is 9.47 Å². The molecule has 2 atom stereocenters. The summed E-state index contributed by atoms with van der Waals surface area (Å²) < 4.78 is 11.2. The maximum Gasteiger partial charge on any atom is 0.343 e. The third-order valence-electron chi connectivity index (χ3n) is 6.36. The Hall–Kier alpha value is -3.06. The predicted molar refractivity (Wildman–Crippen MR) is 114 cm³/mol. The fraction of sp³-hybridized carbons (Fsp3) is 0.440. The highest BCUT2D eigenvalue weighted by Crippen LogP contribution is 2.47. The lowest BCUT2D eigenvalue weighted by molar-refractivity contribution is -0.152. The van der Waals surface area contributed by atoms with Crippen molar-refractivity contribution in [2.45, 2.75) is 71.0 Å². The van der Waals surface area contributed by atoms with E-state index in [2.05, 4.69) is 0 Å². The minimum absolute atomic E-state index is 0.00387. The van der Waals surface area contributed by atoms with E-state index in [0.29, 0.717) is 35.1 Å². The van der Waals surface area contributed by atoms with E-state index in [1.54, 1.807) is 13.0 Å². The number of aliphatic hydroxyl groups is 1. The van der Waals surface area contributed by atoms with Gasteiger partial charge < -0.3 is 14.6 Å². The second-order valence-corrected chi connectivity index (χ2v) is 8.82. The largest absolute Gasteiger partial charge is 0.464 e. The molecule has 0 unspecified atom stereocenters. The first kappa shape index (κ1) is 22.1. The van der Waals surface area contributed by atoms with Crippen LogP contribution in [0.25, 0.3) is 0 Å². The van der Waals surface area contributed by atoms with Gasteiger partial charge in [-0.3, -0.25) is 14.4 Å². The van der Waals surface area contributed by atoms with Gasteiger partial charge in [0.05, 0.1) is 17.9 Å². The quantitative estimate of drug-likeness (QED) is 0.386. The second-order valence-electron chi connectivity index (χ2n) is 8.82. The topological polar surface area (TPSA) is 107 Å². The van der Waals surface area contributed by atoms with E-state index in [9.17, 15) is 24.3 Å². The van der Waals surface area contributed by atoms with Gasteiger partial charge in [0, 0.05) is 24.0 Å². The smallest absolute Gasteiger partial charge is 0.343 e. The molecular formula is C25H26O7. The van der Waals surface area contributed by atoms with Crippen LogP contribution in [0.5, 0.6) is 0 Å². The van der Waals surface area contributed by atoms with Gasteiger partial charge in [0.15, 0.2) is 17.2 Å². The molecule has 2 aliphatic carbocycles. The molecule has 0 spiro atoms. The third kappa shape index (κ3) is 3.50. The lowest BCUT2D eigenvalue weighted by Gasteiger charge is -2.32. The minimum atomic E-state index is -1.57. The molecular weight excluding hydrogens is 412 g/mol. The van der Waals surface area contributed by atoms with Gasteiger partial charge in [-0.05, 0) is 44.4 Å². The number of ketones is 3. The minimum Gasteiger partial charge on any atom is -0.464 e. The third-order valence-corrected chi connectivity index (χ3v) is 6.36. The molecule has 0 aromatic carbocycles. The van der Waals surface area contributed by atoms with Crippen molar-refractivity contribution < 1.29 is 33.8 Å². The summed E-state index contributed by atoms with van der Waals surface area (Å²) in [7, 11) is 0. The summed E-state index contributed by atoms with van der Waals surface area (Å²) in [6.07, 6.45) is 6.60. The van der Waals surface area contributed by atoms with Crippen molar-refractivity contribution in [3.05, 3.63) is 57.6 Å². The molecule has 2 heterocycles. The first-order valence-corrected chi connectivity index (χ1v) is 11.0. The maximum absolute atomic E-state index is 13.0. The van der Waals surface area contributed by atoms with Crippen LogP contribution in [0.1, 0.15) is 59.3 Å². The van der Waals surface area contributed by atoms with Crippen molar-refractivity contribution in [1.29, 1.82) is 0 Å². The number of rotatable bonds is 6. The monoisotopic (exact) mass is 438 g/mol. The number of hydrogen-bond donors (Lipinski definition) is 1. The van der Waals surface area contributed by atoms with Crippen LogP contribution in [0.15, 0.2) is 57.6 Å². The van der Waals surface area contributed by atoms with Crippen LogP contribution in [0, 0.1) is 0 Å². The van der Waals surface area contributed by atoms with Crippen LogP contribution in [0.2, 0.25) is 0 Å². The fourth-order valence-corrected chi connectivity index (χ4v) is 4.71. The Morgan fingerprint density at radius 1 is 1.19 bits per heavy atom. The number of allylic oxidation sites excluding steroid dienone is 3. The van der Waals surface area contributed by atoms with Crippen LogP contribution in [0.4, 0.5) is 0 Å². The van der Waals surface area contributed by atoms with Crippen LogP contribution >= 0.6 is 0 Å². The molecule has 0 saturated carbocycles.